The topological polar surface area (TPSA) is 67.4 Å². The maximum atomic E-state index is 12.5. The van der Waals surface area contributed by atoms with E-state index < -0.39 is 17.2 Å². The molecule has 138 valence electrons. The molecular weight excluding hydrogens is 375 g/mol. The van der Waals surface area contributed by atoms with Crippen LogP contribution >= 0.6 is 23.2 Å². The van der Waals surface area contributed by atoms with Crippen LogP contribution in [0.1, 0.15) is 19.4 Å². The Hall–Kier alpha value is -2.24. The van der Waals surface area contributed by atoms with Gasteiger partial charge in [0, 0.05) is 11.6 Å². The standard InChI is InChI=1S/C19H20Cl2N2O3/c1-19(2,18(25)23-16-10-13(20)6-9-15(16)21)17(24)22-11-12-4-7-14(26-3)8-5-12/h4-10H,11H2,1-3H3,(H,22,24)(H,23,25). The summed E-state index contributed by atoms with van der Waals surface area (Å²) in [5, 5.41) is 6.20. The summed E-state index contributed by atoms with van der Waals surface area (Å²) in [5.41, 5.74) is -0.0357. The van der Waals surface area contributed by atoms with Crippen molar-refractivity contribution in [2.45, 2.75) is 20.4 Å². The van der Waals surface area contributed by atoms with E-state index in [1.807, 2.05) is 12.1 Å². The molecule has 2 N–H and O–H groups in total. The van der Waals surface area contributed by atoms with Gasteiger partial charge in [-0.2, -0.15) is 0 Å². The molecule has 26 heavy (non-hydrogen) atoms. The molecule has 0 saturated heterocycles. The van der Waals surface area contributed by atoms with Crippen LogP contribution in [0.2, 0.25) is 10.0 Å². The fraction of sp³-hybridized carbons (Fsp3) is 0.263. The van der Waals surface area contributed by atoms with Crippen LogP contribution in [0, 0.1) is 5.41 Å². The summed E-state index contributed by atoms with van der Waals surface area (Å²) < 4.78 is 5.09. The summed E-state index contributed by atoms with van der Waals surface area (Å²) in [5.74, 6) is -0.143. The van der Waals surface area contributed by atoms with Crippen molar-refractivity contribution >= 4 is 40.7 Å². The first-order valence-corrected chi connectivity index (χ1v) is 8.67. The minimum Gasteiger partial charge on any atom is -0.497 e. The summed E-state index contributed by atoms with van der Waals surface area (Å²) in [7, 11) is 1.59. The second-order valence-electron chi connectivity index (χ2n) is 6.23. The van der Waals surface area contributed by atoms with Crippen molar-refractivity contribution in [3.8, 4) is 5.75 Å². The molecule has 0 radical (unpaired) electrons. The van der Waals surface area contributed by atoms with Crippen LogP contribution in [-0.4, -0.2) is 18.9 Å². The van der Waals surface area contributed by atoms with Gasteiger partial charge in [0.25, 0.3) is 0 Å². The van der Waals surface area contributed by atoms with Gasteiger partial charge in [-0.05, 0) is 49.7 Å². The Morgan fingerprint density at radius 3 is 2.31 bits per heavy atom. The third-order valence-electron chi connectivity index (χ3n) is 3.92. The van der Waals surface area contributed by atoms with Crippen LogP contribution < -0.4 is 15.4 Å². The van der Waals surface area contributed by atoms with Crippen LogP contribution in [0.15, 0.2) is 42.5 Å². The molecule has 0 saturated carbocycles. The molecule has 2 rings (SSSR count). The first-order chi connectivity index (χ1) is 12.2. The number of nitrogens with one attached hydrogen (secondary N) is 2. The Balaban J connectivity index is 2.01. The van der Waals surface area contributed by atoms with Gasteiger partial charge >= 0.3 is 0 Å². The van der Waals surface area contributed by atoms with Gasteiger partial charge in [-0.1, -0.05) is 35.3 Å². The van der Waals surface area contributed by atoms with Crippen molar-refractivity contribution in [2.24, 2.45) is 5.41 Å². The Labute approximate surface area is 162 Å². The monoisotopic (exact) mass is 394 g/mol. The number of carbonyl (C=O) groups is 2. The van der Waals surface area contributed by atoms with Crippen molar-refractivity contribution in [2.75, 3.05) is 12.4 Å². The van der Waals surface area contributed by atoms with Crippen molar-refractivity contribution < 1.29 is 14.3 Å². The maximum Gasteiger partial charge on any atom is 0.239 e. The lowest BCUT2D eigenvalue weighted by atomic mass is 9.90. The highest BCUT2D eigenvalue weighted by atomic mass is 35.5. The minimum atomic E-state index is -1.29. The van der Waals surface area contributed by atoms with Gasteiger partial charge in [-0.15, -0.1) is 0 Å². The molecule has 0 spiro atoms. The van der Waals surface area contributed by atoms with E-state index in [-0.39, 0.29) is 0 Å². The number of carbonyl (C=O) groups excluding carboxylic acids is 2. The summed E-state index contributed by atoms with van der Waals surface area (Å²) in [6.45, 7) is 3.39. The van der Waals surface area contributed by atoms with Crippen LogP contribution in [0.3, 0.4) is 0 Å². The first-order valence-electron chi connectivity index (χ1n) is 7.92. The van der Waals surface area contributed by atoms with Crippen LogP contribution in [0.5, 0.6) is 5.75 Å². The fourth-order valence-corrected chi connectivity index (χ4v) is 2.46. The zero-order chi connectivity index (χ0) is 19.3. The zero-order valence-electron chi connectivity index (χ0n) is 14.7. The van der Waals surface area contributed by atoms with E-state index in [1.165, 1.54) is 6.07 Å². The molecule has 0 fully saturated rings. The molecule has 2 aromatic rings. The number of amides is 2. The number of halogens is 2. The van der Waals surface area contributed by atoms with E-state index in [1.54, 1.807) is 45.2 Å². The van der Waals surface area contributed by atoms with E-state index in [2.05, 4.69) is 10.6 Å². The highest BCUT2D eigenvalue weighted by Gasteiger charge is 2.36. The number of ether oxygens (including phenoxy) is 1. The molecule has 5 nitrogen and oxygen atoms in total. The minimum absolute atomic E-state index is 0.303. The van der Waals surface area contributed by atoms with E-state index in [0.717, 1.165) is 11.3 Å². The second-order valence-corrected chi connectivity index (χ2v) is 7.08. The van der Waals surface area contributed by atoms with Gasteiger partial charge in [0.15, 0.2) is 0 Å². The Bertz CT molecular complexity index is 805. The average Bonchev–Trinajstić information content (AvgIpc) is 2.62. The molecule has 0 bridgehead atoms. The van der Waals surface area contributed by atoms with Crippen molar-refractivity contribution in [3.05, 3.63) is 58.1 Å². The maximum absolute atomic E-state index is 12.5. The Kier molecular flexibility index (Phi) is 6.51. The number of anilines is 1. The summed E-state index contributed by atoms with van der Waals surface area (Å²) in [4.78, 5) is 25.0. The second kappa shape index (κ2) is 8.43. The molecule has 0 aliphatic heterocycles. The third-order valence-corrected chi connectivity index (χ3v) is 4.49. The largest absolute Gasteiger partial charge is 0.497 e. The number of rotatable bonds is 6. The van der Waals surface area contributed by atoms with Crippen molar-refractivity contribution in [1.82, 2.24) is 5.32 Å². The first kappa shape index (κ1) is 20.1. The van der Waals surface area contributed by atoms with Gasteiger partial charge in [0.1, 0.15) is 11.2 Å². The number of methoxy groups -OCH3 is 1. The number of hydrogen-bond acceptors (Lipinski definition) is 3. The predicted molar refractivity (Wildman–Crippen MR) is 104 cm³/mol. The predicted octanol–water partition coefficient (Wildman–Crippen LogP) is 4.28. The van der Waals surface area contributed by atoms with Crippen LogP contribution in [-0.2, 0) is 16.1 Å². The summed E-state index contributed by atoms with van der Waals surface area (Å²) >= 11 is 12.0. The van der Waals surface area contributed by atoms with E-state index >= 15 is 0 Å². The molecular formula is C19H20Cl2N2O3. The van der Waals surface area contributed by atoms with Crippen LogP contribution in [0.25, 0.3) is 0 Å². The fourth-order valence-electron chi connectivity index (χ4n) is 2.12. The van der Waals surface area contributed by atoms with Gasteiger partial charge in [0.2, 0.25) is 11.8 Å². The van der Waals surface area contributed by atoms with E-state index in [0.29, 0.717) is 22.3 Å². The van der Waals surface area contributed by atoms with E-state index in [9.17, 15) is 9.59 Å². The normalized spacial score (nSPS) is 11.0. The molecule has 0 heterocycles. The molecule has 0 aromatic heterocycles. The third kappa shape index (κ3) is 4.90. The lowest BCUT2D eigenvalue weighted by Gasteiger charge is -2.23. The lowest BCUT2D eigenvalue weighted by molar-refractivity contribution is -0.138. The summed E-state index contributed by atoms with van der Waals surface area (Å²) in [6, 6.07) is 12.0. The lowest BCUT2D eigenvalue weighted by Crippen LogP contribution is -2.44. The van der Waals surface area contributed by atoms with Gasteiger partial charge in [-0.25, -0.2) is 0 Å². The summed E-state index contributed by atoms with van der Waals surface area (Å²) in [6.07, 6.45) is 0. The Morgan fingerprint density at radius 2 is 1.69 bits per heavy atom. The van der Waals surface area contributed by atoms with Gasteiger partial charge in [-0.3, -0.25) is 9.59 Å². The van der Waals surface area contributed by atoms with Crippen LogP contribution in [0.4, 0.5) is 5.69 Å². The van der Waals surface area contributed by atoms with Crippen molar-refractivity contribution in [1.29, 1.82) is 0 Å². The molecule has 0 aliphatic carbocycles. The van der Waals surface area contributed by atoms with Gasteiger partial charge in [0.05, 0.1) is 17.8 Å². The average molecular weight is 395 g/mol. The zero-order valence-corrected chi connectivity index (χ0v) is 16.2. The highest BCUT2D eigenvalue weighted by molar-refractivity contribution is 6.35. The molecule has 0 unspecified atom stereocenters. The molecule has 2 aromatic carbocycles. The number of hydrogen-bond donors (Lipinski definition) is 2. The van der Waals surface area contributed by atoms with E-state index in [4.69, 9.17) is 27.9 Å². The molecule has 0 atom stereocenters. The molecule has 2 amide bonds. The smallest absolute Gasteiger partial charge is 0.239 e. The molecule has 0 aliphatic rings. The highest BCUT2D eigenvalue weighted by Crippen LogP contribution is 2.27. The molecule has 7 heteroatoms. The Morgan fingerprint density at radius 1 is 1.04 bits per heavy atom. The number of benzene rings is 2. The quantitative estimate of drug-likeness (QED) is 0.718. The SMILES string of the molecule is COc1ccc(CNC(=O)C(C)(C)C(=O)Nc2cc(Cl)ccc2Cl)cc1. The van der Waals surface area contributed by atoms with Gasteiger partial charge < -0.3 is 15.4 Å². The van der Waals surface area contributed by atoms with Crippen molar-refractivity contribution in [3.63, 3.8) is 0 Å².